The summed E-state index contributed by atoms with van der Waals surface area (Å²) >= 11 is 2.58. The Balaban J connectivity index is 1.58. The van der Waals surface area contributed by atoms with Gasteiger partial charge in [-0.2, -0.15) is 5.10 Å². The molecule has 4 aromatic rings. The molecule has 0 bridgehead atoms. The minimum absolute atomic E-state index is 0.0133. The molecule has 3 aromatic heterocycles. The molecule has 0 saturated carbocycles. The number of nitrogens with two attached hydrogens (primary N) is 1. The van der Waals surface area contributed by atoms with E-state index in [2.05, 4.69) is 14.9 Å². The molecule has 1 aliphatic rings. The van der Waals surface area contributed by atoms with E-state index in [1.807, 2.05) is 54.0 Å². The fourth-order valence-corrected chi connectivity index (χ4v) is 4.54. The van der Waals surface area contributed by atoms with E-state index >= 15 is 0 Å². The minimum Gasteiger partial charge on any atom is -0.378 e. The van der Waals surface area contributed by atoms with E-state index in [1.54, 1.807) is 22.1 Å². The summed E-state index contributed by atoms with van der Waals surface area (Å²) in [6.07, 6.45) is 3.59. The average molecular weight is 435 g/mol. The molecule has 0 aliphatic carbocycles. The maximum absolute atomic E-state index is 13.0. The van der Waals surface area contributed by atoms with Gasteiger partial charge in [0.25, 0.3) is 5.91 Å². The zero-order valence-electron chi connectivity index (χ0n) is 15.2. The van der Waals surface area contributed by atoms with Gasteiger partial charge in [-0.15, -0.1) is 11.3 Å². The van der Waals surface area contributed by atoms with Gasteiger partial charge in [-0.05, 0) is 51.7 Å². The van der Waals surface area contributed by atoms with Gasteiger partial charge in [-0.1, -0.05) is 24.3 Å². The van der Waals surface area contributed by atoms with Crippen molar-refractivity contribution in [3.05, 3.63) is 64.5 Å². The Morgan fingerprint density at radius 3 is 2.67 bits per heavy atom. The van der Waals surface area contributed by atoms with E-state index in [9.17, 15) is 4.79 Å². The second kappa shape index (κ2) is 7.28. The predicted octanol–water partition coefficient (Wildman–Crippen LogP) is 3.62. The maximum atomic E-state index is 13.0. The van der Waals surface area contributed by atoms with Crippen LogP contribution >= 0.6 is 23.1 Å². The number of carbonyl (C=O) groups excluding carboxylic acids is 1. The van der Waals surface area contributed by atoms with Crippen LogP contribution in [0, 0.1) is 5.41 Å². The molecule has 1 amide bonds. The van der Waals surface area contributed by atoms with Gasteiger partial charge in [0.15, 0.2) is 5.17 Å². The van der Waals surface area contributed by atoms with Crippen LogP contribution in [0.4, 0.5) is 11.6 Å². The van der Waals surface area contributed by atoms with Crippen LogP contribution in [0.25, 0.3) is 22.3 Å². The standard InChI is InChI=1S/C19H13N7O2S2/c20-16-17(24-28-23-16)26-18(27)14(30-19(26)21)9-11-10-25(12-5-2-1-3-6-12)22-15(11)13-7-4-8-29-13/h1-10,21H,(H2,20,23). The van der Waals surface area contributed by atoms with Crippen LogP contribution in [0.2, 0.25) is 0 Å². The normalized spacial score (nSPS) is 15.5. The smallest absolute Gasteiger partial charge is 0.272 e. The van der Waals surface area contributed by atoms with Crippen molar-refractivity contribution in [3.63, 3.8) is 0 Å². The zero-order valence-corrected chi connectivity index (χ0v) is 16.9. The molecule has 5 rings (SSSR count). The highest BCUT2D eigenvalue weighted by molar-refractivity contribution is 8.19. The Morgan fingerprint density at radius 2 is 1.97 bits per heavy atom. The lowest BCUT2D eigenvalue weighted by molar-refractivity contribution is -0.113. The first kappa shape index (κ1) is 18.3. The van der Waals surface area contributed by atoms with Crippen molar-refractivity contribution in [1.29, 1.82) is 5.41 Å². The van der Waals surface area contributed by atoms with Gasteiger partial charge in [-0.3, -0.25) is 10.2 Å². The molecular weight excluding hydrogens is 422 g/mol. The van der Waals surface area contributed by atoms with E-state index in [0.29, 0.717) is 4.91 Å². The summed E-state index contributed by atoms with van der Waals surface area (Å²) < 4.78 is 6.34. The first-order valence-electron chi connectivity index (χ1n) is 8.71. The van der Waals surface area contributed by atoms with Gasteiger partial charge < -0.3 is 5.73 Å². The number of aromatic nitrogens is 4. The lowest BCUT2D eigenvalue weighted by Gasteiger charge is -2.08. The quantitative estimate of drug-likeness (QED) is 0.469. The number of amides is 1. The van der Waals surface area contributed by atoms with E-state index in [0.717, 1.165) is 38.5 Å². The Morgan fingerprint density at radius 1 is 1.13 bits per heavy atom. The lowest BCUT2D eigenvalue weighted by Crippen LogP contribution is -2.29. The molecule has 1 aliphatic heterocycles. The van der Waals surface area contributed by atoms with Gasteiger partial charge in [0, 0.05) is 11.8 Å². The number of rotatable bonds is 4. The number of anilines is 2. The van der Waals surface area contributed by atoms with Crippen molar-refractivity contribution >= 4 is 51.9 Å². The summed E-state index contributed by atoms with van der Waals surface area (Å²) in [4.78, 5) is 15.4. The molecule has 4 heterocycles. The molecule has 0 atom stereocenters. The second-order valence-corrected chi connectivity index (χ2v) is 8.20. The molecule has 1 aromatic carbocycles. The average Bonchev–Trinajstić information content (AvgIpc) is 3.52. The van der Waals surface area contributed by atoms with Crippen molar-refractivity contribution in [2.75, 3.05) is 10.6 Å². The van der Waals surface area contributed by atoms with Crippen LogP contribution in [-0.2, 0) is 4.79 Å². The first-order chi connectivity index (χ1) is 14.6. The van der Waals surface area contributed by atoms with Crippen molar-refractivity contribution in [3.8, 4) is 16.3 Å². The number of para-hydroxylation sites is 1. The van der Waals surface area contributed by atoms with Crippen LogP contribution < -0.4 is 10.6 Å². The number of carbonyl (C=O) groups is 1. The van der Waals surface area contributed by atoms with E-state index < -0.39 is 5.91 Å². The SMILES string of the molecule is N=C1SC(=Cc2cn(-c3ccccc3)nc2-c2cccs2)C(=O)N1c1nonc1N. The number of nitrogens with zero attached hydrogens (tertiary/aromatic N) is 5. The largest absolute Gasteiger partial charge is 0.378 e. The molecule has 0 radical (unpaired) electrons. The molecule has 30 heavy (non-hydrogen) atoms. The molecule has 1 saturated heterocycles. The van der Waals surface area contributed by atoms with Crippen LogP contribution in [0.3, 0.4) is 0 Å². The molecular formula is C19H13N7O2S2. The number of nitrogens with one attached hydrogen (secondary N) is 1. The number of hydrogen-bond donors (Lipinski definition) is 2. The number of thioether (sulfide) groups is 1. The van der Waals surface area contributed by atoms with Crippen LogP contribution in [0.1, 0.15) is 5.56 Å². The summed E-state index contributed by atoms with van der Waals surface area (Å²) in [7, 11) is 0. The van der Waals surface area contributed by atoms with Crippen molar-refractivity contribution in [2.45, 2.75) is 0 Å². The minimum atomic E-state index is -0.419. The number of amidine groups is 1. The summed E-state index contributed by atoms with van der Waals surface area (Å²) in [5.74, 6) is -0.456. The third-order valence-electron chi connectivity index (χ3n) is 4.34. The molecule has 3 N–H and O–H groups in total. The Bertz CT molecular complexity index is 1280. The summed E-state index contributed by atoms with van der Waals surface area (Å²) in [6, 6.07) is 13.6. The Labute approximate surface area is 178 Å². The van der Waals surface area contributed by atoms with E-state index in [4.69, 9.17) is 16.2 Å². The summed E-state index contributed by atoms with van der Waals surface area (Å²) in [5, 5.41) is 22.0. The Kier molecular flexibility index (Phi) is 4.45. The number of benzene rings is 1. The summed E-state index contributed by atoms with van der Waals surface area (Å²) in [5.41, 5.74) is 8.12. The fraction of sp³-hybridized carbons (Fsp3) is 0. The van der Waals surface area contributed by atoms with Crippen LogP contribution in [0.15, 0.2) is 63.6 Å². The lowest BCUT2D eigenvalue weighted by atomic mass is 10.2. The third-order valence-corrected chi connectivity index (χ3v) is 6.10. The van der Waals surface area contributed by atoms with Gasteiger partial charge in [0.1, 0.15) is 5.69 Å². The van der Waals surface area contributed by atoms with Gasteiger partial charge in [0.2, 0.25) is 11.6 Å². The number of hydrogen-bond acceptors (Lipinski definition) is 9. The highest BCUT2D eigenvalue weighted by Gasteiger charge is 2.37. The molecule has 9 nitrogen and oxygen atoms in total. The van der Waals surface area contributed by atoms with Gasteiger partial charge in [0.05, 0.1) is 15.5 Å². The fourth-order valence-electron chi connectivity index (χ4n) is 2.98. The molecule has 148 valence electrons. The molecule has 0 spiro atoms. The summed E-state index contributed by atoms with van der Waals surface area (Å²) in [6.45, 7) is 0. The first-order valence-corrected chi connectivity index (χ1v) is 10.4. The highest BCUT2D eigenvalue weighted by Crippen LogP contribution is 2.38. The molecule has 11 heteroatoms. The number of nitrogen functional groups attached to an aromatic ring is 1. The van der Waals surface area contributed by atoms with Gasteiger partial charge in [-0.25, -0.2) is 14.2 Å². The maximum Gasteiger partial charge on any atom is 0.272 e. The number of thiophene rings is 1. The third kappa shape index (κ3) is 3.09. The second-order valence-electron chi connectivity index (χ2n) is 6.22. The van der Waals surface area contributed by atoms with Crippen molar-refractivity contribution < 1.29 is 9.42 Å². The van der Waals surface area contributed by atoms with Gasteiger partial charge >= 0.3 is 0 Å². The molecule has 1 fully saturated rings. The predicted molar refractivity (Wildman–Crippen MR) is 116 cm³/mol. The Hall–Kier alpha value is -3.70. The van der Waals surface area contributed by atoms with Crippen LogP contribution in [-0.4, -0.2) is 31.2 Å². The topological polar surface area (TPSA) is 127 Å². The van der Waals surface area contributed by atoms with E-state index in [-0.39, 0.29) is 16.8 Å². The van der Waals surface area contributed by atoms with Crippen molar-refractivity contribution in [1.82, 2.24) is 20.1 Å². The molecule has 0 unspecified atom stereocenters. The van der Waals surface area contributed by atoms with Crippen LogP contribution in [0.5, 0.6) is 0 Å². The highest BCUT2D eigenvalue weighted by atomic mass is 32.2. The zero-order chi connectivity index (χ0) is 20.7. The van der Waals surface area contributed by atoms with Crippen molar-refractivity contribution in [2.24, 2.45) is 0 Å². The van der Waals surface area contributed by atoms with E-state index in [1.165, 1.54) is 0 Å². The monoisotopic (exact) mass is 435 g/mol.